The Kier molecular flexibility index (Phi) is 5.68. The lowest BCUT2D eigenvalue weighted by Gasteiger charge is -2.31. The number of carbonyl (C=O) groups excluding carboxylic acids is 1. The van der Waals surface area contributed by atoms with Crippen molar-refractivity contribution in [3.63, 3.8) is 0 Å². The van der Waals surface area contributed by atoms with Gasteiger partial charge in [0.1, 0.15) is 0 Å². The second-order valence-corrected chi connectivity index (χ2v) is 7.30. The summed E-state index contributed by atoms with van der Waals surface area (Å²) in [5, 5.41) is 7.21. The Morgan fingerprint density at radius 3 is 2.64 bits per heavy atom. The Balaban J connectivity index is 1.69. The van der Waals surface area contributed by atoms with E-state index in [9.17, 15) is 4.79 Å². The monoisotopic (exact) mass is 358 g/mol. The van der Waals surface area contributed by atoms with Gasteiger partial charge in [0.15, 0.2) is 10.6 Å². The lowest BCUT2D eigenvalue weighted by Crippen LogP contribution is -2.38. The number of aromatic amines is 1. The quantitative estimate of drug-likeness (QED) is 0.819. The van der Waals surface area contributed by atoms with Crippen LogP contribution in [0.2, 0.25) is 0 Å². The third kappa shape index (κ3) is 4.18. The summed E-state index contributed by atoms with van der Waals surface area (Å²) in [5.74, 6) is 0.975. The minimum Gasteiger partial charge on any atom is -0.343 e. The van der Waals surface area contributed by atoms with Gasteiger partial charge < -0.3 is 4.90 Å². The van der Waals surface area contributed by atoms with Gasteiger partial charge in [-0.05, 0) is 32.0 Å². The zero-order valence-corrected chi connectivity index (χ0v) is 15.8. The molecule has 1 N–H and O–H groups in total. The molecule has 0 unspecified atom stereocenters. The van der Waals surface area contributed by atoms with Gasteiger partial charge in [-0.1, -0.05) is 49.1 Å². The molecule has 2 aromatic rings. The van der Waals surface area contributed by atoms with Crippen LogP contribution in [0.5, 0.6) is 0 Å². The molecule has 0 radical (unpaired) electrons. The second kappa shape index (κ2) is 7.95. The molecule has 1 aromatic heterocycles. The van der Waals surface area contributed by atoms with Gasteiger partial charge in [-0.15, -0.1) is 0 Å². The molecular formula is C19H26N4OS. The number of hydrogen-bond acceptors (Lipinski definition) is 3. The average Bonchev–Trinajstić information content (AvgIpc) is 3.01. The highest BCUT2D eigenvalue weighted by atomic mass is 32.1. The summed E-state index contributed by atoms with van der Waals surface area (Å²) >= 11 is 5.36. The van der Waals surface area contributed by atoms with Crippen molar-refractivity contribution in [3.8, 4) is 11.4 Å². The van der Waals surface area contributed by atoms with Crippen LogP contribution in [0.15, 0.2) is 24.3 Å². The normalized spacial score (nSPS) is 15.3. The highest BCUT2D eigenvalue weighted by Gasteiger charge is 2.22. The topological polar surface area (TPSA) is 53.9 Å². The maximum atomic E-state index is 12.6. The van der Waals surface area contributed by atoms with Crippen molar-refractivity contribution in [1.29, 1.82) is 0 Å². The van der Waals surface area contributed by atoms with E-state index in [2.05, 4.69) is 29.3 Å². The lowest BCUT2D eigenvalue weighted by atomic mass is 9.94. The number of aromatic nitrogens is 3. The number of aryl methyl sites for hydroxylation is 1. The smallest absolute Gasteiger partial charge is 0.224 e. The first-order valence-electron chi connectivity index (χ1n) is 9.04. The number of hydrogen-bond donors (Lipinski definition) is 1. The van der Waals surface area contributed by atoms with Crippen molar-refractivity contribution in [3.05, 3.63) is 34.6 Å². The third-order valence-electron chi connectivity index (χ3n) is 5.13. The van der Waals surface area contributed by atoms with Crippen molar-refractivity contribution in [1.82, 2.24) is 19.7 Å². The molecule has 1 heterocycles. The van der Waals surface area contributed by atoms with E-state index < -0.39 is 0 Å². The molecule has 5 nitrogen and oxygen atoms in total. The number of benzene rings is 1. The fourth-order valence-corrected chi connectivity index (χ4v) is 3.73. The summed E-state index contributed by atoms with van der Waals surface area (Å²) < 4.78 is 2.48. The molecule has 134 valence electrons. The number of amides is 1. The first kappa shape index (κ1) is 17.9. The summed E-state index contributed by atoms with van der Waals surface area (Å²) in [6.45, 7) is 2.61. The Morgan fingerprint density at radius 2 is 1.96 bits per heavy atom. The van der Waals surface area contributed by atoms with Crippen molar-refractivity contribution in [2.75, 3.05) is 7.05 Å². The van der Waals surface area contributed by atoms with E-state index in [0.29, 0.717) is 23.8 Å². The van der Waals surface area contributed by atoms with Crippen molar-refractivity contribution >= 4 is 18.1 Å². The number of H-pyrrole nitrogens is 1. The highest BCUT2D eigenvalue weighted by Crippen LogP contribution is 2.23. The van der Waals surface area contributed by atoms with Gasteiger partial charge >= 0.3 is 0 Å². The first-order chi connectivity index (χ1) is 12.1. The van der Waals surface area contributed by atoms with Gasteiger partial charge in [0.25, 0.3) is 0 Å². The zero-order chi connectivity index (χ0) is 17.8. The summed E-state index contributed by atoms with van der Waals surface area (Å²) in [6, 6.07) is 8.58. The molecule has 1 fully saturated rings. The largest absolute Gasteiger partial charge is 0.343 e. The first-order valence-corrected chi connectivity index (χ1v) is 9.45. The molecule has 3 rings (SSSR count). The molecule has 25 heavy (non-hydrogen) atoms. The molecule has 1 aliphatic carbocycles. The molecule has 0 spiro atoms. The number of rotatable bonds is 5. The second-order valence-electron chi connectivity index (χ2n) is 6.92. The molecule has 1 amide bonds. The van der Waals surface area contributed by atoms with E-state index in [4.69, 9.17) is 12.2 Å². The van der Waals surface area contributed by atoms with E-state index in [-0.39, 0.29) is 5.91 Å². The Hall–Kier alpha value is -1.95. The van der Waals surface area contributed by atoms with Gasteiger partial charge in [0.05, 0.1) is 0 Å². The van der Waals surface area contributed by atoms with Crippen LogP contribution in [-0.2, 0) is 11.3 Å². The van der Waals surface area contributed by atoms with Gasteiger partial charge in [-0.3, -0.25) is 14.5 Å². The molecule has 6 heteroatoms. The maximum Gasteiger partial charge on any atom is 0.224 e. The minimum absolute atomic E-state index is 0.185. The molecule has 0 saturated heterocycles. The standard InChI is InChI=1S/C19H26N4OS/c1-14-8-10-15(11-9-14)18-20-21-19(25)23(18)13-12-17(24)22(2)16-6-4-3-5-7-16/h8-11,16H,3-7,12-13H2,1-2H3,(H,21,25). The van der Waals surface area contributed by atoms with Crippen LogP contribution in [0.4, 0.5) is 0 Å². The molecular weight excluding hydrogens is 332 g/mol. The van der Waals surface area contributed by atoms with Crippen molar-refractivity contribution in [2.45, 2.75) is 58.0 Å². The van der Waals surface area contributed by atoms with Crippen molar-refractivity contribution < 1.29 is 4.79 Å². The van der Waals surface area contributed by atoms with Crippen LogP contribution in [-0.4, -0.2) is 38.7 Å². The molecule has 0 atom stereocenters. The maximum absolute atomic E-state index is 12.6. The number of nitrogens with one attached hydrogen (secondary N) is 1. The number of nitrogens with zero attached hydrogens (tertiary/aromatic N) is 3. The van der Waals surface area contributed by atoms with E-state index in [1.807, 2.05) is 28.6 Å². The van der Waals surface area contributed by atoms with Gasteiger partial charge in [0, 0.05) is 31.6 Å². The minimum atomic E-state index is 0.185. The molecule has 1 aromatic carbocycles. The summed E-state index contributed by atoms with van der Waals surface area (Å²) in [6.07, 6.45) is 6.45. The molecule has 0 aliphatic heterocycles. The van der Waals surface area contributed by atoms with E-state index in [0.717, 1.165) is 24.2 Å². The molecule has 0 bridgehead atoms. The van der Waals surface area contributed by atoms with Gasteiger partial charge in [-0.25, -0.2) is 0 Å². The predicted octanol–water partition coefficient (Wildman–Crippen LogP) is 4.10. The van der Waals surface area contributed by atoms with E-state index in [1.165, 1.54) is 24.8 Å². The van der Waals surface area contributed by atoms with Crippen LogP contribution < -0.4 is 0 Å². The van der Waals surface area contributed by atoms with Crippen LogP contribution in [0.3, 0.4) is 0 Å². The molecule has 1 aliphatic rings. The van der Waals surface area contributed by atoms with Crippen LogP contribution in [0, 0.1) is 11.7 Å². The Labute approximate surface area is 154 Å². The van der Waals surface area contributed by atoms with E-state index in [1.54, 1.807) is 0 Å². The van der Waals surface area contributed by atoms with Crippen LogP contribution >= 0.6 is 12.2 Å². The zero-order valence-electron chi connectivity index (χ0n) is 15.0. The predicted molar refractivity (Wildman–Crippen MR) is 102 cm³/mol. The summed E-state index contributed by atoms with van der Waals surface area (Å²) in [7, 11) is 1.94. The van der Waals surface area contributed by atoms with Gasteiger partial charge in [0.2, 0.25) is 5.91 Å². The highest BCUT2D eigenvalue weighted by molar-refractivity contribution is 7.71. The fraction of sp³-hybridized carbons (Fsp3) is 0.526. The Morgan fingerprint density at radius 1 is 1.28 bits per heavy atom. The lowest BCUT2D eigenvalue weighted by molar-refractivity contribution is -0.132. The molecule has 1 saturated carbocycles. The SMILES string of the molecule is Cc1ccc(-c2n[nH]c(=S)n2CCC(=O)N(C)C2CCCCC2)cc1. The summed E-state index contributed by atoms with van der Waals surface area (Å²) in [5.41, 5.74) is 2.21. The van der Waals surface area contributed by atoms with Crippen LogP contribution in [0.1, 0.15) is 44.1 Å². The fourth-order valence-electron chi connectivity index (χ4n) is 3.50. The average molecular weight is 359 g/mol. The van der Waals surface area contributed by atoms with Gasteiger partial charge in [-0.2, -0.15) is 5.10 Å². The Bertz CT molecular complexity index is 771. The van der Waals surface area contributed by atoms with E-state index >= 15 is 0 Å². The van der Waals surface area contributed by atoms with Crippen LogP contribution in [0.25, 0.3) is 11.4 Å². The summed E-state index contributed by atoms with van der Waals surface area (Å²) in [4.78, 5) is 14.5. The third-order valence-corrected chi connectivity index (χ3v) is 5.44. The number of carbonyl (C=O) groups is 1. The van der Waals surface area contributed by atoms with Crippen molar-refractivity contribution in [2.24, 2.45) is 0 Å².